The molecule has 1 nitrogen and oxygen atoms in total. The first-order valence-corrected chi connectivity index (χ1v) is 10.8. The van der Waals surface area contributed by atoms with Gasteiger partial charge in [0.1, 0.15) is 0 Å². The Bertz CT molecular complexity index is 54.1. The summed E-state index contributed by atoms with van der Waals surface area (Å²) in [4.78, 5) is 0. The summed E-state index contributed by atoms with van der Waals surface area (Å²) in [5, 5.41) is 0. The third-order valence-corrected chi connectivity index (χ3v) is 4.92. The average molecular weight is 286 g/mol. The summed E-state index contributed by atoms with van der Waals surface area (Å²) in [6.45, 7) is 2.26. The van der Waals surface area contributed by atoms with Crippen molar-refractivity contribution in [2.45, 2.75) is 49.9 Å². The smallest absolute Gasteiger partial charge is 0.412 e. The van der Waals surface area contributed by atoms with Crippen molar-refractivity contribution in [2.24, 2.45) is 0 Å². The number of hydrogen-bond acceptors (Lipinski definition) is 0. The largest absolute Gasteiger partial charge is 0.412 e. The maximum atomic E-state index is 5.73. The van der Waals surface area contributed by atoms with E-state index in [0.717, 1.165) is 0 Å². The van der Waals surface area contributed by atoms with Crippen molar-refractivity contribution in [2.75, 3.05) is 0 Å². The van der Waals surface area contributed by atoms with E-state index in [4.69, 9.17) is 8.92 Å². The zero-order valence-electron chi connectivity index (χ0n) is 7.41. The molecule has 0 aromatic rings. The third-order valence-electron chi connectivity index (χ3n) is 1.67. The number of halogens is 1. The maximum Gasteiger partial charge on any atom is -0.412 e. The van der Waals surface area contributed by atoms with Gasteiger partial charge in [-0.1, -0.05) is 0 Å². The first-order valence-electron chi connectivity index (χ1n) is 4.33. The molecule has 0 rings (SSSR count). The molecule has 0 atom stereocenters. The van der Waals surface area contributed by atoms with Gasteiger partial charge in [0.2, 0.25) is 0 Å². The van der Waals surface area contributed by atoms with E-state index in [9.17, 15) is 0 Å². The standard InChI is InChI=1S/C8H17.ClH.H2O.Sn.H/c1-3-5-7-8-6-4-2;;;;/h1,3-8H2,2H3;1H;1H2;;/q;;;+1;/p-1. The van der Waals surface area contributed by atoms with Crippen LogP contribution in [0.5, 0.6) is 0 Å². The van der Waals surface area contributed by atoms with E-state index < -0.39 is 20.0 Å². The van der Waals surface area contributed by atoms with Crippen LogP contribution in [-0.4, -0.2) is 25.5 Å². The predicted octanol–water partition coefficient (Wildman–Crippen LogP) is 2.53. The summed E-state index contributed by atoms with van der Waals surface area (Å²) in [6.07, 6.45) is 8.49. The van der Waals surface area contributed by atoms with Crippen LogP contribution in [0.25, 0.3) is 0 Å². The van der Waals surface area contributed by atoms with Crippen molar-refractivity contribution in [3.63, 3.8) is 0 Å². The van der Waals surface area contributed by atoms with E-state index in [-0.39, 0.29) is 5.48 Å². The van der Waals surface area contributed by atoms with Crippen LogP contribution in [0, 0.1) is 0 Å². The molecule has 69 valence electrons. The first kappa shape index (κ1) is 14.6. The van der Waals surface area contributed by atoms with E-state index in [1.807, 2.05) is 0 Å². The molecular formula is C8H20ClOSn. The molecule has 0 amide bonds. The molecule has 0 fully saturated rings. The Morgan fingerprint density at radius 1 is 1.00 bits per heavy atom. The van der Waals surface area contributed by atoms with Gasteiger partial charge in [0, 0.05) is 0 Å². The summed E-state index contributed by atoms with van der Waals surface area (Å²) in [5.41, 5.74) is 0. The molecule has 2 N–H and O–H groups in total. The summed E-state index contributed by atoms with van der Waals surface area (Å²) >= 11 is -0.519. The van der Waals surface area contributed by atoms with Crippen molar-refractivity contribution < 1.29 is 5.48 Å². The molecule has 0 aliphatic carbocycles. The average Bonchev–Trinajstić information content (AvgIpc) is 1.97. The molecule has 0 bridgehead atoms. The van der Waals surface area contributed by atoms with Crippen molar-refractivity contribution >= 4 is 28.9 Å². The Kier molecular flexibility index (Phi) is 18.0. The molecule has 3 heteroatoms. The predicted molar refractivity (Wildman–Crippen MR) is 54.8 cm³/mol. The molecule has 0 aromatic carbocycles. The van der Waals surface area contributed by atoms with Gasteiger partial charge in [-0.15, -0.1) is 0 Å². The van der Waals surface area contributed by atoms with Gasteiger partial charge in [-0.3, -0.25) is 0 Å². The first-order chi connectivity index (χ1) is 4.91. The van der Waals surface area contributed by atoms with Crippen molar-refractivity contribution in [1.82, 2.24) is 0 Å². The Morgan fingerprint density at radius 2 is 1.55 bits per heavy atom. The summed E-state index contributed by atoms with van der Waals surface area (Å²) in [7, 11) is 5.73. The van der Waals surface area contributed by atoms with E-state index in [2.05, 4.69) is 6.92 Å². The van der Waals surface area contributed by atoms with E-state index in [0.29, 0.717) is 0 Å². The summed E-state index contributed by atoms with van der Waals surface area (Å²) in [5.74, 6) is 0. The molecule has 0 aromatic heterocycles. The fraction of sp³-hybridized carbons (Fsp3) is 1.00. The summed E-state index contributed by atoms with van der Waals surface area (Å²) in [6, 6.07) is 0. The van der Waals surface area contributed by atoms with Crippen LogP contribution < -0.4 is 0 Å². The normalized spacial score (nSPS) is 9.27. The van der Waals surface area contributed by atoms with Crippen molar-refractivity contribution in [3.05, 3.63) is 0 Å². The second kappa shape index (κ2) is 13.6. The molecule has 0 aliphatic rings. The Labute approximate surface area is 84.1 Å². The minimum Gasteiger partial charge on any atom is -0.412 e. The third kappa shape index (κ3) is 14.0. The quantitative estimate of drug-likeness (QED) is 0.509. The molecular weight excluding hydrogens is 266 g/mol. The van der Waals surface area contributed by atoms with Crippen LogP contribution in [0.3, 0.4) is 0 Å². The molecule has 0 saturated carbocycles. The van der Waals surface area contributed by atoms with Crippen LogP contribution in [0.1, 0.15) is 45.4 Å². The van der Waals surface area contributed by atoms with Crippen molar-refractivity contribution in [3.8, 4) is 0 Å². The van der Waals surface area contributed by atoms with Crippen LogP contribution in [-0.2, 0) is 0 Å². The molecule has 0 aliphatic heterocycles. The fourth-order valence-corrected chi connectivity index (χ4v) is 3.30. The van der Waals surface area contributed by atoms with Crippen LogP contribution >= 0.6 is 8.92 Å². The molecule has 0 saturated heterocycles. The maximum absolute atomic E-state index is 5.73. The van der Waals surface area contributed by atoms with Crippen LogP contribution in [0.2, 0.25) is 4.44 Å². The Morgan fingerprint density at radius 3 is 2.09 bits per heavy atom. The van der Waals surface area contributed by atoms with Gasteiger partial charge >= 0.3 is 78.8 Å². The fourth-order valence-electron chi connectivity index (χ4n) is 1.00. The topological polar surface area (TPSA) is 31.5 Å². The monoisotopic (exact) mass is 287 g/mol. The zero-order valence-corrected chi connectivity index (χ0v) is 11.5. The Hall–Kier alpha value is 1.05. The van der Waals surface area contributed by atoms with Gasteiger partial charge in [0.15, 0.2) is 0 Å². The van der Waals surface area contributed by atoms with Gasteiger partial charge < -0.3 is 5.48 Å². The van der Waals surface area contributed by atoms with Gasteiger partial charge in [0.25, 0.3) is 0 Å². The van der Waals surface area contributed by atoms with Crippen molar-refractivity contribution in [1.29, 1.82) is 0 Å². The van der Waals surface area contributed by atoms with Crippen LogP contribution in [0.15, 0.2) is 0 Å². The Balaban J connectivity index is 0. The molecule has 0 spiro atoms. The second-order valence-electron chi connectivity index (χ2n) is 2.71. The SMILES string of the molecule is CCCCCCC[CH2][SnH][Cl].O. The molecule has 0 unspecified atom stereocenters. The molecule has 0 heterocycles. The van der Waals surface area contributed by atoms with Gasteiger partial charge in [0.05, 0.1) is 0 Å². The van der Waals surface area contributed by atoms with Gasteiger partial charge in [-0.05, 0) is 0 Å². The van der Waals surface area contributed by atoms with Gasteiger partial charge in [-0.25, -0.2) is 0 Å². The van der Waals surface area contributed by atoms with E-state index in [1.165, 1.54) is 43.0 Å². The zero-order chi connectivity index (χ0) is 7.66. The second-order valence-corrected chi connectivity index (χ2v) is 7.31. The molecule has 1 radical (unpaired) electrons. The van der Waals surface area contributed by atoms with E-state index >= 15 is 0 Å². The van der Waals surface area contributed by atoms with Gasteiger partial charge in [-0.2, -0.15) is 0 Å². The van der Waals surface area contributed by atoms with E-state index in [1.54, 1.807) is 0 Å². The molecule has 11 heavy (non-hydrogen) atoms. The summed E-state index contributed by atoms with van der Waals surface area (Å²) < 4.78 is 1.39. The minimum atomic E-state index is -0.519. The minimum absolute atomic E-state index is 0. The van der Waals surface area contributed by atoms with Crippen LogP contribution in [0.4, 0.5) is 0 Å². The number of unbranched alkanes of at least 4 members (excludes halogenated alkanes) is 5. The number of hydrogen-bond donors (Lipinski definition) is 0. The number of rotatable bonds is 7.